The standard InChI is InChI=1S/C28H47BN4O7S/c1-19(2)22(32-25(35)38-26(3,4)5)23(34)33-14-10-12-20(18-33)13-11-15-41(36,37)24-30-16-21(17-31-24)29-39-27(6,7)28(8,9)40-29/h16-17,19-20,22H,10-15,18H2,1-9H3,(H,32,35)/t20-,22-/m1/s1. The Morgan fingerprint density at radius 1 is 1.15 bits per heavy atom. The SMILES string of the molecule is CC(C)[C@@H](NC(=O)OC(C)(C)C)C(=O)N1CCC[C@H](CCCS(=O)(=O)c2ncc(B3OC(C)(C)C(C)(C)O3)cn2)C1. The Bertz CT molecular complexity index is 1170. The molecule has 3 rings (SSSR count). The van der Waals surface area contributed by atoms with E-state index in [1.54, 1.807) is 25.7 Å². The van der Waals surface area contributed by atoms with Gasteiger partial charge in [-0.25, -0.2) is 23.2 Å². The van der Waals surface area contributed by atoms with Gasteiger partial charge in [0.05, 0.1) is 17.0 Å². The van der Waals surface area contributed by atoms with Crippen molar-refractivity contribution in [2.24, 2.45) is 11.8 Å². The molecule has 2 aliphatic heterocycles. The first kappa shape index (κ1) is 33.3. The fourth-order valence-electron chi connectivity index (χ4n) is 4.89. The Balaban J connectivity index is 1.53. The van der Waals surface area contributed by atoms with Gasteiger partial charge < -0.3 is 24.3 Å². The predicted molar refractivity (Wildman–Crippen MR) is 156 cm³/mol. The molecule has 1 aromatic rings. The number of piperidine rings is 1. The highest BCUT2D eigenvalue weighted by Gasteiger charge is 2.52. The van der Waals surface area contributed by atoms with Crippen molar-refractivity contribution in [2.45, 2.75) is 116 Å². The van der Waals surface area contributed by atoms with Gasteiger partial charge in [0.2, 0.25) is 20.9 Å². The number of aromatic nitrogens is 2. The van der Waals surface area contributed by atoms with E-state index in [1.165, 1.54) is 12.4 Å². The first-order valence-electron chi connectivity index (χ1n) is 14.5. The maximum atomic E-state index is 13.3. The van der Waals surface area contributed by atoms with Crippen molar-refractivity contribution in [1.29, 1.82) is 0 Å². The fraction of sp³-hybridized carbons (Fsp3) is 0.786. The van der Waals surface area contributed by atoms with Crippen LogP contribution in [-0.4, -0.2) is 84.1 Å². The first-order valence-corrected chi connectivity index (χ1v) is 16.2. The zero-order valence-corrected chi connectivity index (χ0v) is 26.8. The molecule has 1 aromatic heterocycles. The normalized spacial score (nSPS) is 21.6. The summed E-state index contributed by atoms with van der Waals surface area (Å²) in [6.07, 6.45) is 5.10. The summed E-state index contributed by atoms with van der Waals surface area (Å²) < 4.78 is 43.2. The third kappa shape index (κ3) is 8.64. The number of hydrogen-bond acceptors (Lipinski definition) is 9. The number of alkyl carbamates (subject to hydrolysis) is 1. The Kier molecular flexibility index (Phi) is 10.2. The largest absolute Gasteiger partial charge is 0.498 e. The number of hydrogen-bond donors (Lipinski definition) is 1. The van der Waals surface area contributed by atoms with Gasteiger partial charge in [-0.2, -0.15) is 0 Å². The molecular weight excluding hydrogens is 547 g/mol. The lowest BCUT2D eigenvalue weighted by atomic mass is 9.81. The molecule has 0 spiro atoms. The number of ether oxygens (including phenoxy) is 1. The molecule has 0 saturated carbocycles. The van der Waals surface area contributed by atoms with E-state index in [1.807, 2.05) is 41.5 Å². The van der Waals surface area contributed by atoms with E-state index < -0.39 is 45.9 Å². The van der Waals surface area contributed by atoms with Gasteiger partial charge in [-0.1, -0.05) is 13.8 Å². The van der Waals surface area contributed by atoms with E-state index in [-0.39, 0.29) is 28.7 Å². The van der Waals surface area contributed by atoms with E-state index in [2.05, 4.69) is 15.3 Å². The third-order valence-electron chi connectivity index (χ3n) is 7.91. The zero-order valence-electron chi connectivity index (χ0n) is 26.0. The van der Waals surface area contributed by atoms with Gasteiger partial charge in [0.15, 0.2) is 0 Å². The minimum atomic E-state index is -3.68. The van der Waals surface area contributed by atoms with E-state index >= 15 is 0 Å². The molecule has 11 nitrogen and oxygen atoms in total. The van der Waals surface area contributed by atoms with Crippen LogP contribution in [0, 0.1) is 11.8 Å². The Hall–Kier alpha value is -2.25. The molecule has 0 aliphatic carbocycles. The first-order chi connectivity index (χ1) is 18.8. The van der Waals surface area contributed by atoms with Crippen LogP contribution < -0.4 is 10.8 Å². The monoisotopic (exact) mass is 594 g/mol. The van der Waals surface area contributed by atoms with Crippen LogP contribution >= 0.6 is 0 Å². The molecule has 13 heteroatoms. The molecule has 0 aromatic carbocycles. The highest BCUT2D eigenvalue weighted by molar-refractivity contribution is 7.91. The van der Waals surface area contributed by atoms with E-state index in [4.69, 9.17) is 14.0 Å². The number of sulfone groups is 1. The quantitative estimate of drug-likeness (QED) is 0.338. The molecule has 2 atom stereocenters. The number of carbonyl (C=O) groups is 2. The number of amides is 2. The highest BCUT2D eigenvalue weighted by Crippen LogP contribution is 2.36. The molecule has 2 fully saturated rings. The number of nitrogens with zero attached hydrogens (tertiary/aromatic N) is 3. The van der Waals surface area contributed by atoms with Crippen molar-refractivity contribution in [3.63, 3.8) is 0 Å². The molecule has 0 unspecified atom stereocenters. The number of carbonyl (C=O) groups excluding carboxylic acids is 2. The molecule has 41 heavy (non-hydrogen) atoms. The van der Waals surface area contributed by atoms with Crippen LogP contribution in [0.1, 0.15) is 88.0 Å². The van der Waals surface area contributed by atoms with Crippen molar-refractivity contribution in [1.82, 2.24) is 20.2 Å². The summed E-state index contributed by atoms with van der Waals surface area (Å²) in [5, 5.41) is 2.52. The summed E-state index contributed by atoms with van der Waals surface area (Å²) in [5.74, 6) is -0.165. The molecule has 2 aliphatic rings. The Morgan fingerprint density at radius 2 is 1.73 bits per heavy atom. The predicted octanol–water partition coefficient (Wildman–Crippen LogP) is 3.12. The summed E-state index contributed by atoms with van der Waals surface area (Å²) in [4.78, 5) is 35.7. The van der Waals surface area contributed by atoms with Crippen LogP contribution in [0.15, 0.2) is 17.6 Å². The molecule has 0 bridgehead atoms. The lowest BCUT2D eigenvalue weighted by molar-refractivity contribution is -0.136. The van der Waals surface area contributed by atoms with Crippen LogP contribution in [0.25, 0.3) is 0 Å². The topological polar surface area (TPSA) is 137 Å². The van der Waals surface area contributed by atoms with Crippen LogP contribution in [-0.2, 0) is 28.7 Å². The second-order valence-corrected chi connectivity index (χ2v) is 15.5. The van der Waals surface area contributed by atoms with Crippen molar-refractivity contribution in [2.75, 3.05) is 18.8 Å². The summed E-state index contributed by atoms with van der Waals surface area (Å²) in [5.41, 5.74) is -1.14. The zero-order chi connectivity index (χ0) is 30.8. The number of likely N-dealkylation sites (tertiary alicyclic amines) is 1. The van der Waals surface area contributed by atoms with Crippen molar-refractivity contribution < 1.29 is 32.1 Å². The summed E-state index contributed by atoms with van der Waals surface area (Å²) in [6, 6.07) is -0.693. The minimum absolute atomic E-state index is 0.0812. The molecule has 2 saturated heterocycles. The van der Waals surface area contributed by atoms with Crippen molar-refractivity contribution in [3.05, 3.63) is 12.4 Å². The summed E-state index contributed by atoms with van der Waals surface area (Å²) in [7, 11) is -4.34. The van der Waals surface area contributed by atoms with Crippen LogP contribution in [0.2, 0.25) is 0 Å². The highest BCUT2D eigenvalue weighted by atomic mass is 32.2. The minimum Gasteiger partial charge on any atom is -0.444 e. The molecule has 2 amide bonds. The van der Waals surface area contributed by atoms with Crippen molar-refractivity contribution in [3.8, 4) is 0 Å². The van der Waals surface area contributed by atoms with Crippen LogP contribution in [0.3, 0.4) is 0 Å². The van der Waals surface area contributed by atoms with Gasteiger partial charge in [0.25, 0.3) is 0 Å². The molecule has 1 N–H and O–H groups in total. The van der Waals surface area contributed by atoms with Gasteiger partial charge in [-0.05, 0) is 86.0 Å². The van der Waals surface area contributed by atoms with Gasteiger partial charge in [-0.3, -0.25) is 4.79 Å². The molecule has 3 heterocycles. The second kappa shape index (κ2) is 12.5. The maximum Gasteiger partial charge on any atom is 0.498 e. The summed E-state index contributed by atoms with van der Waals surface area (Å²) in [6.45, 7) is 18.0. The van der Waals surface area contributed by atoms with Gasteiger partial charge >= 0.3 is 13.2 Å². The van der Waals surface area contributed by atoms with Gasteiger partial charge in [0.1, 0.15) is 11.6 Å². The molecule has 230 valence electrons. The van der Waals surface area contributed by atoms with Crippen LogP contribution in [0.4, 0.5) is 4.79 Å². The molecule has 0 radical (unpaired) electrons. The number of rotatable bonds is 9. The van der Waals surface area contributed by atoms with Crippen molar-refractivity contribution >= 4 is 34.4 Å². The molecular formula is C28H47BN4O7S. The van der Waals surface area contributed by atoms with E-state index in [0.29, 0.717) is 31.4 Å². The lowest BCUT2D eigenvalue weighted by Gasteiger charge is -2.36. The lowest BCUT2D eigenvalue weighted by Crippen LogP contribution is -2.54. The third-order valence-corrected chi connectivity index (χ3v) is 9.51. The van der Waals surface area contributed by atoms with Crippen LogP contribution in [0.5, 0.6) is 0 Å². The van der Waals surface area contributed by atoms with Gasteiger partial charge in [0, 0.05) is 30.9 Å². The summed E-state index contributed by atoms with van der Waals surface area (Å²) >= 11 is 0. The number of nitrogens with one attached hydrogen (secondary N) is 1. The Labute approximate surface area is 245 Å². The smallest absolute Gasteiger partial charge is 0.444 e. The maximum absolute atomic E-state index is 13.3. The fourth-order valence-corrected chi connectivity index (χ4v) is 6.04. The van der Waals surface area contributed by atoms with E-state index in [0.717, 1.165) is 12.8 Å². The average molecular weight is 595 g/mol. The van der Waals surface area contributed by atoms with Gasteiger partial charge in [-0.15, -0.1) is 0 Å². The second-order valence-electron chi connectivity index (χ2n) is 13.5. The van der Waals surface area contributed by atoms with E-state index in [9.17, 15) is 18.0 Å². The average Bonchev–Trinajstić information content (AvgIpc) is 3.07. The Morgan fingerprint density at radius 3 is 2.27 bits per heavy atom.